The summed E-state index contributed by atoms with van der Waals surface area (Å²) in [4.78, 5) is 17.0. The Bertz CT molecular complexity index is 1360. The van der Waals surface area contributed by atoms with E-state index in [2.05, 4.69) is 22.5 Å². The summed E-state index contributed by atoms with van der Waals surface area (Å²) in [5, 5.41) is 6.84. The zero-order chi connectivity index (χ0) is 24.2. The number of benzene rings is 3. The van der Waals surface area contributed by atoms with Crippen LogP contribution in [0.1, 0.15) is 30.6 Å². The minimum absolute atomic E-state index is 0.108. The lowest BCUT2D eigenvalue weighted by atomic mass is 10.2. The molecule has 0 fully saturated rings. The molecule has 0 spiro atoms. The fourth-order valence-electron chi connectivity index (χ4n) is 3.12. The van der Waals surface area contributed by atoms with Crippen LogP contribution in [0.4, 0.5) is 5.69 Å². The number of anilines is 1. The molecule has 0 aliphatic heterocycles. The molecule has 4 aromatic rings. The van der Waals surface area contributed by atoms with E-state index in [9.17, 15) is 4.79 Å². The molecule has 6 nitrogen and oxygen atoms in total. The summed E-state index contributed by atoms with van der Waals surface area (Å²) in [5.74, 6) is 0.746. The maximum Gasteiger partial charge on any atom is 0.257 e. The van der Waals surface area contributed by atoms with Gasteiger partial charge in [-0.2, -0.15) is 0 Å². The van der Waals surface area contributed by atoms with Crippen LogP contribution in [-0.4, -0.2) is 22.1 Å². The van der Waals surface area contributed by atoms with Gasteiger partial charge in [0.2, 0.25) is 5.89 Å². The average molecular weight is 514 g/mol. The average Bonchev–Trinajstić information content (AvgIpc) is 3.24. The van der Waals surface area contributed by atoms with Gasteiger partial charge in [0.25, 0.3) is 5.91 Å². The Morgan fingerprint density at radius 1 is 1.12 bits per heavy atom. The standard InChI is InChI=1S/C25H21Cl2N3O3S/c1-3-14(2)32-18-8-4-15(5-9-18)23(31)30-25(34)28-17-7-11-22-21(13-17)29-24(33-22)19-12-16(26)6-10-20(19)27/h4-14H,3H2,1-2H3,(H2,28,30,31,34). The van der Waals surface area contributed by atoms with Crippen molar-refractivity contribution in [1.29, 1.82) is 0 Å². The van der Waals surface area contributed by atoms with Crippen molar-refractivity contribution in [2.24, 2.45) is 0 Å². The van der Waals surface area contributed by atoms with Gasteiger partial charge in [-0.3, -0.25) is 10.1 Å². The molecule has 0 radical (unpaired) electrons. The molecule has 3 aromatic carbocycles. The van der Waals surface area contributed by atoms with E-state index >= 15 is 0 Å². The molecule has 1 unspecified atom stereocenters. The number of nitrogens with one attached hydrogen (secondary N) is 2. The Morgan fingerprint density at radius 2 is 1.88 bits per heavy atom. The van der Waals surface area contributed by atoms with Crippen LogP contribution in [0.25, 0.3) is 22.6 Å². The van der Waals surface area contributed by atoms with Gasteiger partial charge in [0.1, 0.15) is 11.3 Å². The zero-order valence-electron chi connectivity index (χ0n) is 18.4. The van der Waals surface area contributed by atoms with Gasteiger partial charge in [-0.1, -0.05) is 30.1 Å². The van der Waals surface area contributed by atoms with Crippen molar-refractivity contribution < 1.29 is 13.9 Å². The minimum atomic E-state index is -0.326. The first-order valence-corrected chi connectivity index (χ1v) is 11.7. The highest BCUT2D eigenvalue weighted by molar-refractivity contribution is 7.80. The number of ether oxygens (including phenoxy) is 1. The highest BCUT2D eigenvalue weighted by atomic mass is 35.5. The number of carbonyl (C=O) groups is 1. The number of halogens is 2. The second kappa shape index (κ2) is 10.4. The van der Waals surface area contributed by atoms with E-state index in [1.165, 1.54) is 0 Å². The van der Waals surface area contributed by atoms with Gasteiger partial charge in [-0.15, -0.1) is 0 Å². The molecule has 0 aliphatic rings. The Labute approximate surface area is 212 Å². The summed E-state index contributed by atoms with van der Waals surface area (Å²) in [7, 11) is 0. The van der Waals surface area contributed by atoms with Crippen LogP contribution in [0.3, 0.4) is 0 Å². The Kier molecular flexibility index (Phi) is 7.36. The molecule has 2 N–H and O–H groups in total. The van der Waals surface area contributed by atoms with Crippen LogP contribution < -0.4 is 15.4 Å². The summed E-state index contributed by atoms with van der Waals surface area (Å²) in [6.07, 6.45) is 1.01. The van der Waals surface area contributed by atoms with Crippen molar-refractivity contribution >= 4 is 63.2 Å². The molecular formula is C25H21Cl2N3O3S. The van der Waals surface area contributed by atoms with Crippen molar-refractivity contribution in [3.05, 3.63) is 76.3 Å². The molecule has 1 heterocycles. The number of carbonyl (C=O) groups excluding carboxylic acids is 1. The Hall–Kier alpha value is -3.13. The lowest BCUT2D eigenvalue weighted by Crippen LogP contribution is -2.34. The molecule has 1 aromatic heterocycles. The number of hydrogen-bond donors (Lipinski definition) is 2. The summed E-state index contributed by atoms with van der Waals surface area (Å²) in [5.41, 5.74) is 2.89. The smallest absolute Gasteiger partial charge is 0.257 e. The van der Waals surface area contributed by atoms with Crippen molar-refractivity contribution in [2.75, 3.05) is 5.32 Å². The number of thiocarbonyl (C=S) groups is 1. The van der Waals surface area contributed by atoms with E-state index in [-0.39, 0.29) is 17.1 Å². The van der Waals surface area contributed by atoms with Gasteiger partial charge in [-0.25, -0.2) is 4.98 Å². The maximum absolute atomic E-state index is 12.5. The van der Waals surface area contributed by atoms with Gasteiger partial charge < -0.3 is 14.5 Å². The molecule has 0 saturated heterocycles. The minimum Gasteiger partial charge on any atom is -0.491 e. The lowest BCUT2D eigenvalue weighted by molar-refractivity contribution is 0.0977. The van der Waals surface area contributed by atoms with Gasteiger partial charge in [0.15, 0.2) is 10.7 Å². The van der Waals surface area contributed by atoms with E-state index in [0.29, 0.717) is 49.6 Å². The number of oxazole rings is 1. The topological polar surface area (TPSA) is 76.4 Å². The molecule has 4 rings (SSSR count). The van der Waals surface area contributed by atoms with Gasteiger partial charge >= 0.3 is 0 Å². The summed E-state index contributed by atoms with van der Waals surface area (Å²) < 4.78 is 11.6. The Morgan fingerprint density at radius 3 is 2.62 bits per heavy atom. The number of amides is 1. The van der Waals surface area contributed by atoms with Crippen molar-refractivity contribution in [1.82, 2.24) is 10.3 Å². The predicted octanol–water partition coefficient (Wildman–Crippen LogP) is 7.11. The van der Waals surface area contributed by atoms with E-state index in [1.54, 1.807) is 60.7 Å². The zero-order valence-corrected chi connectivity index (χ0v) is 20.7. The third kappa shape index (κ3) is 5.67. The summed E-state index contributed by atoms with van der Waals surface area (Å²) in [6, 6.07) is 17.3. The van der Waals surface area contributed by atoms with E-state index in [0.717, 1.165) is 6.42 Å². The number of nitrogens with zero attached hydrogens (tertiary/aromatic N) is 1. The molecule has 0 aliphatic carbocycles. The molecule has 9 heteroatoms. The van der Waals surface area contributed by atoms with Crippen LogP contribution in [0.15, 0.2) is 65.1 Å². The summed E-state index contributed by atoms with van der Waals surface area (Å²) >= 11 is 17.6. The lowest BCUT2D eigenvalue weighted by Gasteiger charge is -2.13. The summed E-state index contributed by atoms with van der Waals surface area (Å²) in [6.45, 7) is 4.04. The molecule has 1 amide bonds. The molecule has 34 heavy (non-hydrogen) atoms. The molecule has 0 bridgehead atoms. The van der Waals surface area contributed by atoms with Crippen LogP contribution in [0.5, 0.6) is 5.75 Å². The normalized spacial score (nSPS) is 11.8. The SMILES string of the molecule is CCC(C)Oc1ccc(C(=O)NC(=S)Nc2ccc3oc(-c4cc(Cl)ccc4Cl)nc3c2)cc1. The first-order chi connectivity index (χ1) is 16.3. The van der Waals surface area contributed by atoms with Crippen molar-refractivity contribution in [2.45, 2.75) is 26.4 Å². The highest BCUT2D eigenvalue weighted by Crippen LogP contribution is 2.32. The Balaban J connectivity index is 1.42. The van der Waals surface area contributed by atoms with Crippen molar-refractivity contribution in [3.63, 3.8) is 0 Å². The molecule has 174 valence electrons. The first-order valence-electron chi connectivity index (χ1n) is 10.6. The van der Waals surface area contributed by atoms with E-state index in [4.69, 9.17) is 44.6 Å². The second-order valence-corrected chi connectivity index (χ2v) is 8.85. The number of rotatable bonds is 6. The number of aromatic nitrogens is 1. The highest BCUT2D eigenvalue weighted by Gasteiger charge is 2.14. The van der Waals surface area contributed by atoms with Gasteiger partial charge in [0, 0.05) is 16.3 Å². The van der Waals surface area contributed by atoms with Crippen LogP contribution >= 0.6 is 35.4 Å². The predicted molar refractivity (Wildman–Crippen MR) is 140 cm³/mol. The van der Waals surface area contributed by atoms with E-state index in [1.807, 2.05) is 6.92 Å². The quantitative estimate of drug-likeness (QED) is 0.267. The molecule has 0 saturated carbocycles. The van der Waals surface area contributed by atoms with Crippen LogP contribution in [0, 0.1) is 0 Å². The fourth-order valence-corrected chi connectivity index (χ4v) is 3.70. The van der Waals surface area contributed by atoms with Crippen LogP contribution in [0.2, 0.25) is 10.0 Å². The molecule has 1 atom stereocenters. The van der Waals surface area contributed by atoms with Gasteiger partial charge in [0.05, 0.1) is 16.7 Å². The third-order valence-electron chi connectivity index (χ3n) is 5.06. The number of hydrogen-bond acceptors (Lipinski definition) is 5. The monoisotopic (exact) mass is 513 g/mol. The fraction of sp³-hybridized carbons (Fsp3) is 0.160. The maximum atomic E-state index is 12.5. The van der Waals surface area contributed by atoms with Gasteiger partial charge in [-0.05, 0) is 86.2 Å². The first kappa shape index (κ1) is 24.0. The van der Waals surface area contributed by atoms with E-state index < -0.39 is 0 Å². The second-order valence-electron chi connectivity index (χ2n) is 7.60. The van der Waals surface area contributed by atoms with Crippen LogP contribution in [-0.2, 0) is 0 Å². The largest absolute Gasteiger partial charge is 0.491 e. The number of fused-ring (bicyclic) bond motifs is 1. The third-order valence-corrected chi connectivity index (χ3v) is 5.83. The van der Waals surface area contributed by atoms with Crippen molar-refractivity contribution in [3.8, 4) is 17.2 Å². The molecular weight excluding hydrogens is 493 g/mol.